The summed E-state index contributed by atoms with van der Waals surface area (Å²) in [4.78, 5) is 0. The van der Waals surface area contributed by atoms with Crippen LogP contribution in [0.1, 0.15) is 31.7 Å². The zero-order valence-electron chi connectivity index (χ0n) is 9.35. The van der Waals surface area contributed by atoms with E-state index in [4.69, 9.17) is 8.37 Å². The quantitative estimate of drug-likeness (QED) is 0.811. The minimum atomic E-state index is -1.60. The van der Waals surface area contributed by atoms with E-state index >= 15 is 0 Å². The Hall–Kier alpha value is -0.710. The molecule has 1 aliphatic heterocycles. The summed E-state index contributed by atoms with van der Waals surface area (Å²) < 4.78 is 21.8. The smallest absolute Gasteiger partial charge is 0.265 e. The average Bonchev–Trinajstić information content (AvgIpc) is 2.71. The van der Waals surface area contributed by atoms with E-state index < -0.39 is 17.0 Å². The van der Waals surface area contributed by atoms with Crippen molar-refractivity contribution in [1.29, 1.82) is 0 Å². The van der Waals surface area contributed by atoms with Gasteiger partial charge in [0.15, 0.2) is 0 Å². The lowest BCUT2D eigenvalue weighted by Crippen LogP contribution is -2.28. The number of unbranched alkanes of at least 4 members (excludes halogenated alkanes) is 1. The molecule has 0 bridgehead atoms. The molecule has 1 fully saturated rings. The first-order valence-corrected chi connectivity index (χ1v) is 6.57. The van der Waals surface area contributed by atoms with Crippen molar-refractivity contribution in [3.05, 3.63) is 35.9 Å². The molecular formula is C12H16O3S. The summed E-state index contributed by atoms with van der Waals surface area (Å²) in [7, 11) is 0. The fourth-order valence-electron chi connectivity index (χ4n) is 1.92. The molecule has 16 heavy (non-hydrogen) atoms. The van der Waals surface area contributed by atoms with Gasteiger partial charge in [-0.05, 0) is 12.0 Å². The molecule has 1 heterocycles. The van der Waals surface area contributed by atoms with E-state index in [0.717, 1.165) is 24.8 Å². The predicted octanol–water partition coefficient (Wildman–Crippen LogP) is 2.70. The van der Waals surface area contributed by atoms with E-state index in [-0.39, 0.29) is 0 Å². The van der Waals surface area contributed by atoms with Crippen LogP contribution in [-0.2, 0) is 25.3 Å². The zero-order chi connectivity index (χ0) is 11.4. The van der Waals surface area contributed by atoms with E-state index in [1.165, 1.54) is 0 Å². The summed E-state index contributed by atoms with van der Waals surface area (Å²) in [6, 6.07) is 9.90. The summed E-state index contributed by atoms with van der Waals surface area (Å²) >= 11 is -1.60. The van der Waals surface area contributed by atoms with E-state index in [2.05, 4.69) is 6.92 Å². The maximum Gasteiger partial charge on any atom is 0.305 e. The molecule has 2 unspecified atom stereocenters. The third-order valence-electron chi connectivity index (χ3n) is 2.85. The molecule has 0 aliphatic carbocycles. The monoisotopic (exact) mass is 240 g/mol. The highest BCUT2D eigenvalue weighted by Gasteiger charge is 2.41. The van der Waals surface area contributed by atoms with Crippen molar-refractivity contribution in [2.24, 2.45) is 0 Å². The fraction of sp³-hybridized carbons (Fsp3) is 0.500. The van der Waals surface area contributed by atoms with Crippen LogP contribution in [0.25, 0.3) is 0 Å². The Kier molecular flexibility index (Phi) is 3.74. The van der Waals surface area contributed by atoms with Crippen molar-refractivity contribution >= 4 is 11.4 Å². The van der Waals surface area contributed by atoms with Gasteiger partial charge in [-0.1, -0.05) is 50.1 Å². The lowest BCUT2D eigenvalue weighted by Gasteiger charge is -2.25. The van der Waals surface area contributed by atoms with Gasteiger partial charge in [-0.2, -0.15) is 4.21 Å². The van der Waals surface area contributed by atoms with Crippen LogP contribution in [0.2, 0.25) is 0 Å². The molecule has 0 N–H and O–H groups in total. The van der Waals surface area contributed by atoms with Crippen LogP contribution < -0.4 is 0 Å². The Labute approximate surface area is 98.6 Å². The summed E-state index contributed by atoms with van der Waals surface area (Å²) in [5.41, 5.74) is 0.539. The van der Waals surface area contributed by atoms with E-state index in [1.807, 2.05) is 30.3 Å². The molecular weight excluding hydrogens is 224 g/mol. The lowest BCUT2D eigenvalue weighted by atomic mass is 9.89. The standard InChI is InChI=1S/C12H16O3S/c1-2-3-9-12(10-14-16(13)15-12)11-7-5-4-6-8-11/h4-8H,2-3,9-10H2,1H3. The van der Waals surface area contributed by atoms with Gasteiger partial charge in [0.1, 0.15) is 12.2 Å². The summed E-state index contributed by atoms with van der Waals surface area (Å²) in [6.45, 7) is 2.51. The molecule has 1 aromatic carbocycles. The van der Waals surface area contributed by atoms with Crippen LogP contribution in [0.4, 0.5) is 0 Å². The SMILES string of the molecule is CCCCC1(c2ccccc2)COS(=O)O1. The summed E-state index contributed by atoms with van der Waals surface area (Å²) in [5.74, 6) is 0. The van der Waals surface area contributed by atoms with E-state index in [1.54, 1.807) is 0 Å². The number of rotatable bonds is 4. The molecule has 0 spiro atoms. The zero-order valence-corrected chi connectivity index (χ0v) is 10.2. The number of hydrogen-bond acceptors (Lipinski definition) is 3. The van der Waals surface area contributed by atoms with Gasteiger partial charge in [0.05, 0.1) is 0 Å². The highest BCUT2D eigenvalue weighted by molar-refractivity contribution is 7.75. The molecule has 2 rings (SSSR count). The summed E-state index contributed by atoms with van der Waals surface area (Å²) in [5, 5.41) is 0. The van der Waals surface area contributed by atoms with Crippen LogP contribution in [0, 0.1) is 0 Å². The second-order valence-electron chi connectivity index (χ2n) is 4.01. The molecule has 88 valence electrons. The predicted molar refractivity (Wildman–Crippen MR) is 62.8 cm³/mol. The van der Waals surface area contributed by atoms with Crippen LogP contribution in [0.3, 0.4) is 0 Å². The minimum Gasteiger partial charge on any atom is -0.265 e. The fourth-order valence-corrected chi connectivity index (χ4v) is 2.74. The van der Waals surface area contributed by atoms with Gasteiger partial charge < -0.3 is 0 Å². The van der Waals surface area contributed by atoms with Gasteiger partial charge in [0.2, 0.25) is 0 Å². The molecule has 4 heteroatoms. The van der Waals surface area contributed by atoms with Crippen molar-refractivity contribution in [2.45, 2.75) is 31.8 Å². The Morgan fingerprint density at radius 2 is 2.12 bits per heavy atom. The van der Waals surface area contributed by atoms with Crippen molar-refractivity contribution in [3.8, 4) is 0 Å². The third-order valence-corrected chi connectivity index (χ3v) is 3.62. The topological polar surface area (TPSA) is 35.5 Å². The van der Waals surface area contributed by atoms with Gasteiger partial charge in [0.25, 0.3) is 0 Å². The molecule has 0 amide bonds. The van der Waals surface area contributed by atoms with Crippen LogP contribution in [-0.4, -0.2) is 10.8 Å². The minimum absolute atomic E-state index is 0.379. The Morgan fingerprint density at radius 3 is 2.69 bits per heavy atom. The highest BCUT2D eigenvalue weighted by atomic mass is 32.2. The number of hydrogen-bond donors (Lipinski definition) is 0. The average molecular weight is 240 g/mol. The first-order chi connectivity index (χ1) is 7.77. The number of benzene rings is 1. The third kappa shape index (κ3) is 2.34. The van der Waals surface area contributed by atoms with Crippen molar-refractivity contribution in [2.75, 3.05) is 6.61 Å². The van der Waals surface area contributed by atoms with Gasteiger partial charge in [-0.3, -0.25) is 8.37 Å². The van der Waals surface area contributed by atoms with Crippen LogP contribution in [0.15, 0.2) is 30.3 Å². The second kappa shape index (κ2) is 5.08. The maximum absolute atomic E-state index is 11.3. The Morgan fingerprint density at radius 1 is 1.38 bits per heavy atom. The van der Waals surface area contributed by atoms with Crippen molar-refractivity contribution in [3.63, 3.8) is 0 Å². The molecule has 1 aromatic rings. The van der Waals surface area contributed by atoms with Crippen LogP contribution >= 0.6 is 0 Å². The summed E-state index contributed by atoms with van der Waals surface area (Å²) in [6.07, 6.45) is 2.97. The van der Waals surface area contributed by atoms with Crippen molar-refractivity contribution < 1.29 is 12.6 Å². The molecule has 2 atom stereocenters. The normalized spacial score (nSPS) is 29.4. The van der Waals surface area contributed by atoms with Crippen LogP contribution in [0.5, 0.6) is 0 Å². The molecule has 3 nitrogen and oxygen atoms in total. The first kappa shape index (κ1) is 11.8. The molecule has 1 aliphatic rings. The maximum atomic E-state index is 11.3. The first-order valence-electron chi connectivity index (χ1n) is 5.57. The van der Waals surface area contributed by atoms with E-state index in [9.17, 15) is 4.21 Å². The van der Waals surface area contributed by atoms with Gasteiger partial charge in [0, 0.05) is 0 Å². The Bertz CT molecular complexity index is 366. The van der Waals surface area contributed by atoms with Gasteiger partial charge >= 0.3 is 11.4 Å². The Balaban J connectivity index is 2.24. The van der Waals surface area contributed by atoms with E-state index in [0.29, 0.717) is 6.61 Å². The second-order valence-corrected chi connectivity index (χ2v) is 4.82. The highest BCUT2D eigenvalue weighted by Crippen LogP contribution is 2.37. The molecule has 1 saturated heterocycles. The lowest BCUT2D eigenvalue weighted by molar-refractivity contribution is 0.0826. The molecule has 0 saturated carbocycles. The van der Waals surface area contributed by atoms with Gasteiger partial charge in [-0.25, -0.2) is 0 Å². The van der Waals surface area contributed by atoms with Crippen molar-refractivity contribution in [1.82, 2.24) is 0 Å². The molecule has 0 aromatic heterocycles. The van der Waals surface area contributed by atoms with Gasteiger partial charge in [-0.15, -0.1) is 0 Å². The molecule has 0 radical (unpaired) electrons. The largest absolute Gasteiger partial charge is 0.305 e.